The van der Waals surface area contributed by atoms with E-state index in [9.17, 15) is 4.79 Å². The average Bonchev–Trinajstić information content (AvgIpc) is 2.12. The van der Waals surface area contributed by atoms with Crippen LogP contribution in [0.2, 0.25) is 0 Å². The molecule has 2 nitrogen and oxygen atoms in total. The van der Waals surface area contributed by atoms with Crippen LogP contribution >= 0.6 is 0 Å². The third-order valence-corrected chi connectivity index (χ3v) is 2.07. The van der Waals surface area contributed by atoms with E-state index >= 15 is 0 Å². The van der Waals surface area contributed by atoms with Gasteiger partial charge in [-0.05, 0) is 5.56 Å². The number of carbonyl (C=O) groups excluding carboxylic acids is 1. The van der Waals surface area contributed by atoms with Crippen molar-refractivity contribution >= 4 is 12.0 Å². The molecule has 1 aromatic rings. The van der Waals surface area contributed by atoms with Gasteiger partial charge < -0.3 is 5.32 Å². The van der Waals surface area contributed by atoms with E-state index in [4.69, 9.17) is 0 Å². The number of carbonyl (C=O) groups is 1. The lowest BCUT2D eigenvalue weighted by atomic mass is 10.0. The van der Waals surface area contributed by atoms with Crippen LogP contribution in [-0.2, 0) is 4.79 Å². The molecule has 0 unspecified atom stereocenters. The summed E-state index contributed by atoms with van der Waals surface area (Å²) in [5.41, 5.74) is 1.17. The van der Waals surface area contributed by atoms with Gasteiger partial charge in [-0.1, -0.05) is 42.5 Å². The molecule has 2 heteroatoms. The molecule has 13 heavy (non-hydrogen) atoms. The van der Waals surface area contributed by atoms with Crippen molar-refractivity contribution in [1.29, 1.82) is 0 Å². The Balaban J connectivity index is 1.95. The SMILES string of the molecule is O=C1C[C@H](C=Cc2ccccc2)N1. The molecule has 0 aromatic heterocycles. The van der Waals surface area contributed by atoms with E-state index in [0.717, 1.165) is 0 Å². The van der Waals surface area contributed by atoms with Gasteiger partial charge in [0, 0.05) is 0 Å². The summed E-state index contributed by atoms with van der Waals surface area (Å²) in [6.45, 7) is 0. The van der Waals surface area contributed by atoms with Gasteiger partial charge in [0.2, 0.25) is 5.91 Å². The molecule has 1 atom stereocenters. The van der Waals surface area contributed by atoms with Crippen molar-refractivity contribution in [3.05, 3.63) is 42.0 Å². The van der Waals surface area contributed by atoms with E-state index in [1.165, 1.54) is 5.56 Å². The maximum Gasteiger partial charge on any atom is 0.222 e. The van der Waals surface area contributed by atoms with Crippen molar-refractivity contribution < 1.29 is 4.79 Å². The topological polar surface area (TPSA) is 29.1 Å². The molecule has 1 saturated heterocycles. The van der Waals surface area contributed by atoms with E-state index in [1.54, 1.807) is 0 Å². The maximum absolute atomic E-state index is 10.6. The second kappa shape index (κ2) is 3.44. The molecule has 0 bridgehead atoms. The first kappa shape index (κ1) is 8.05. The Morgan fingerprint density at radius 1 is 1.31 bits per heavy atom. The Morgan fingerprint density at radius 2 is 2.00 bits per heavy atom. The molecule has 1 heterocycles. The second-order valence-electron chi connectivity index (χ2n) is 3.15. The lowest BCUT2D eigenvalue weighted by Crippen LogP contribution is -2.46. The average molecular weight is 173 g/mol. The summed E-state index contributed by atoms with van der Waals surface area (Å²) in [6.07, 6.45) is 4.68. The number of β-lactam (4-membered cyclic amide) rings is 1. The van der Waals surface area contributed by atoms with Crippen molar-refractivity contribution in [3.8, 4) is 0 Å². The van der Waals surface area contributed by atoms with Gasteiger partial charge in [-0.25, -0.2) is 0 Å². The number of hydrogen-bond acceptors (Lipinski definition) is 1. The lowest BCUT2D eigenvalue weighted by molar-refractivity contribution is -0.127. The standard InChI is InChI=1S/C11H11NO/c13-11-8-10(12-11)7-6-9-4-2-1-3-5-9/h1-7,10H,8H2,(H,12,13)/t10-/m0/s1. The van der Waals surface area contributed by atoms with Crippen LogP contribution < -0.4 is 5.32 Å². The molecule has 0 radical (unpaired) electrons. The second-order valence-corrected chi connectivity index (χ2v) is 3.15. The summed E-state index contributed by atoms with van der Waals surface area (Å²) in [6, 6.07) is 10.3. The Morgan fingerprint density at radius 3 is 2.62 bits per heavy atom. The van der Waals surface area contributed by atoms with E-state index < -0.39 is 0 Å². The zero-order chi connectivity index (χ0) is 9.10. The Kier molecular flexibility index (Phi) is 2.13. The van der Waals surface area contributed by atoms with Crippen LogP contribution in [0.4, 0.5) is 0 Å². The van der Waals surface area contributed by atoms with Crippen LogP contribution in [0.25, 0.3) is 6.08 Å². The van der Waals surface area contributed by atoms with Gasteiger partial charge >= 0.3 is 0 Å². The van der Waals surface area contributed by atoms with E-state index in [2.05, 4.69) is 5.32 Å². The minimum absolute atomic E-state index is 0.141. The number of benzene rings is 1. The summed E-state index contributed by atoms with van der Waals surface area (Å²) >= 11 is 0. The van der Waals surface area contributed by atoms with Gasteiger partial charge in [-0.2, -0.15) is 0 Å². The summed E-state index contributed by atoms with van der Waals surface area (Å²) < 4.78 is 0. The predicted octanol–water partition coefficient (Wildman–Crippen LogP) is 1.59. The number of amides is 1. The fraction of sp³-hybridized carbons (Fsp3) is 0.182. The summed E-state index contributed by atoms with van der Waals surface area (Å²) in [5.74, 6) is 0.141. The largest absolute Gasteiger partial charge is 0.349 e. The molecule has 66 valence electrons. The maximum atomic E-state index is 10.6. The number of nitrogens with one attached hydrogen (secondary N) is 1. The first-order valence-corrected chi connectivity index (χ1v) is 4.37. The van der Waals surface area contributed by atoms with Gasteiger partial charge in [-0.3, -0.25) is 4.79 Å². The van der Waals surface area contributed by atoms with Crippen molar-refractivity contribution in [3.63, 3.8) is 0 Å². The zero-order valence-electron chi connectivity index (χ0n) is 7.23. The molecular formula is C11H11NO. The highest BCUT2D eigenvalue weighted by atomic mass is 16.2. The Labute approximate surface area is 77.3 Å². The van der Waals surface area contributed by atoms with Crippen molar-refractivity contribution in [2.24, 2.45) is 0 Å². The minimum Gasteiger partial charge on any atom is -0.349 e. The van der Waals surface area contributed by atoms with Crippen molar-refractivity contribution in [2.75, 3.05) is 0 Å². The number of rotatable bonds is 2. The van der Waals surface area contributed by atoms with Crippen LogP contribution in [0.5, 0.6) is 0 Å². The first-order valence-electron chi connectivity index (χ1n) is 4.37. The summed E-state index contributed by atoms with van der Waals surface area (Å²) in [7, 11) is 0. The number of hydrogen-bond donors (Lipinski definition) is 1. The molecule has 0 aliphatic carbocycles. The van der Waals surface area contributed by atoms with E-state index in [1.807, 2.05) is 42.5 Å². The minimum atomic E-state index is 0.141. The third kappa shape index (κ3) is 1.96. The predicted molar refractivity (Wildman–Crippen MR) is 52.0 cm³/mol. The highest BCUT2D eigenvalue weighted by Crippen LogP contribution is 2.08. The first-order chi connectivity index (χ1) is 6.34. The highest BCUT2D eigenvalue weighted by Gasteiger charge is 2.21. The summed E-state index contributed by atoms with van der Waals surface area (Å²) in [5, 5.41) is 2.79. The quantitative estimate of drug-likeness (QED) is 0.676. The molecule has 2 rings (SSSR count). The van der Waals surface area contributed by atoms with Crippen molar-refractivity contribution in [2.45, 2.75) is 12.5 Å². The molecule has 1 amide bonds. The molecule has 1 N–H and O–H groups in total. The smallest absolute Gasteiger partial charge is 0.222 e. The van der Waals surface area contributed by atoms with Crippen LogP contribution in [-0.4, -0.2) is 11.9 Å². The van der Waals surface area contributed by atoms with Gasteiger partial charge in [0.15, 0.2) is 0 Å². The molecule has 0 saturated carbocycles. The summed E-state index contributed by atoms with van der Waals surface area (Å²) in [4.78, 5) is 10.6. The Bertz CT molecular complexity index is 321. The molecular weight excluding hydrogens is 162 g/mol. The van der Waals surface area contributed by atoms with Gasteiger partial charge in [-0.15, -0.1) is 0 Å². The molecule has 0 spiro atoms. The normalized spacial score (nSPS) is 21.2. The monoisotopic (exact) mass is 173 g/mol. The fourth-order valence-corrected chi connectivity index (χ4v) is 1.29. The molecule has 1 aromatic carbocycles. The van der Waals surface area contributed by atoms with E-state index in [0.29, 0.717) is 6.42 Å². The van der Waals surface area contributed by atoms with Crippen LogP contribution in [0.15, 0.2) is 36.4 Å². The molecule has 1 fully saturated rings. The van der Waals surface area contributed by atoms with Crippen molar-refractivity contribution in [1.82, 2.24) is 5.32 Å². The molecule has 1 aliphatic rings. The van der Waals surface area contributed by atoms with Gasteiger partial charge in [0.05, 0.1) is 12.5 Å². The van der Waals surface area contributed by atoms with Crippen LogP contribution in [0, 0.1) is 0 Å². The van der Waals surface area contributed by atoms with Gasteiger partial charge in [0.25, 0.3) is 0 Å². The van der Waals surface area contributed by atoms with Crippen LogP contribution in [0.3, 0.4) is 0 Å². The zero-order valence-corrected chi connectivity index (χ0v) is 7.23. The fourth-order valence-electron chi connectivity index (χ4n) is 1.29. The lowest BCUT2D eigenvalue weighted by Gasteiger charge is -2.23. The van der Waals surface area contributed by atoms with Gasteiger partial charge in [0.1, 0.15) is 0 Å². The third-order valence-electron chi connectivity index (χ3n) is 2.07. The van der Waals surface area contributed by atoms with E-state index in [-0.39, 0.29) is 11.9 Å². The van der Waals surface area contributed by atoms with Crippen LogP contribution in [0.1, 0.15) is 12.0 Å². The molecule has 1 aliphatic heterocycles. The highest BCUT2D eigenvalue weighted by molar-refractivity contribution is 5.84. The Hall–Kier alpha value is -1.57.